The summed E-state index contributed by atoms with van der Waals surface area (Å²) in [6.45, 7) is 2.32. The fourth-order valence-corrected chi connectivity index (χ4v) is 2.85. The molecule has 1 aliphatic heterocycles. The summed E-state index contributed by atoms with van der Waals surface area (Å²) >= 11 is 0. The second-order valence-corrected chi connectivity index (χ2v) is 5.61. The van der Waals surface area contributed by atoms with Crippen LogP contribution in [0.15, 0.2) is 29.0 Å². The molecule has 3 heterocycles. The Morgan fingerprint density at radius 1 is 1.33 bits per heavy atom. The van der Waals surface area contributed by atoms with Gasteiger partial charge in [-0.15, -0.1) is 0 Å². The molecule has 1 N–H and O–H groups in total. The first-order valence-corrected chi connectivity index (χ1v) is 7.57. The summed E-state index contributed by atoms with van der Waals surface area (Å²) in [5.74, 6) is 0.0270. The van der Waals surface area contributed by atoms with E-state index in [-0.39, 0.29) is 11.6 Å². The highest BCUT2D eigenvalue weighted by Gasteiger charge is 2.24. The highest BCUT2D eigenvalue weighted by molar-refractivity contribution is 5.96. The molecule has 24 heavy (non-hydrogen) atoms. The second-order valence-electron chi connectivity index (χ2n) is 5.61. The van der Waals surface area contributed by atoms with Crippen molar-refractivity contribution in [2.75, 3.05) is 16.8 Å². The average Bonchev–Trinajstić information content (AvgIpc) is 3.16. The average molecular weight is 327 g/mol. The van der Waals surface area contributed by atoms with Crippen LogP contribution in [0.5, 0.6) is 0 Å². The van der Waals surface area contributed by atoms with Crippen molar-refractivity contribution in [3.8, 4) is 0 Å². The maximum absolute atomic E-state index is 14.1. The smallest absolute Gasteiger partial charge is 0.263 e. The largest absolute Gasteiger partial charge is 0.339 e. The minimum Gasteiger partial charge on any atom is -0.339 e. The molecule has 0 saturated carbocycles. The van der Waals surface area contributed by atoms with Gasteiger partial charge in [-0.2, -0.15) is 4.98 Å². The molecule has 1 fully saturated rings. The first-order chi connectivity index (χ1) is 11.6. The number of benzene rings is 1. The van der Waals surface area contributed by atoms with E-state index in [1.54, 1.807) is 19.1 Å². The van der Waals surface area contributed by atoms with Crippen LogP contribution in [0.1, 0.15) is 18.5 Å². The third-order valence-electron chi connectivity index (χ3n) is 4.02. The van der Waals surface area contributed by atoms with Gasteiger partial charge in [0, 0.05) is 18.7 Å². The normalized spacial score (nSPS) is 14.6. The lowest BCUT2D eigenvalue weighted by molar-refractivity contribution is -0.117. The topological polar surface area (TPSA) is 84.2 Å². The van der Waals surface area contributed by atoms with Crippen molar-refractivity contribution in [1.29, 1.82) is 0 Å². The first-order valence-electron chi connectivity index (χ1n) is 7.57. The number of hydrogen-bond donors (Lipinski definition) is 1. The summed E-state index contributed by atoms with van der Waals surface area (Å²) in [4.78, 5) is 21.6. The Bertz CT molecular complexity index is 939. The minimum absolute atomic E-state index is 0.0645. The Hall–Kier alpha value is -3.03. The Morgan fingerprint density at radius 2 is 2.21 bits per heavy atom. The molecule has 0 bridgehead atoms. The fourth-order valence-electron chi connectivity index (χ4n) is 2.85. The van der Waals surface area contributed by atoms with Crippen LogP contribution in [0.3, 0.4) is 0 Å². The molecule has 0 radical (unpaired) electrons. The Labute approximate surface area is 136 Å². The van der Waals surface area contributed by atoms with Gasteiger partial charge in [0.25, 0.3) is 5.71 Å². The predicted molar refractivity (Wildman–Crippen MR) is 85.6 cm³/mol. The van der Waals surface area contributed by atoms with E-state index in [9.17, 15) is 9.18 Å². The van der Waals surface area contributed by atoms with Crippen LogP contribution < -0.4 is 10.2 Å². The number of aromatic nitrogens is 3. The van der Waals surface area contributed by atoms with Gasteiger partial charge in [0.2, 0.25) is 5.91 Å². The van der Waals surface area contributed by atoms with Crippen LogP contribution in [-0.4, -0.2) is 27.6 Å². The molecule has 122 valence electrons. The minimum atomic E-state index is -0.426. The van der Waals surface area contributed by atoms with Gasteiger partial charge in [-0.05, 0) is 31.5 Å². The van der Waals surface area contributed by atoms with Crippen molar-refractivity contribution in [2.24, 2.45) is 0 Å². The van der Waals surface area contributed by atoms with Gasteiger partial charge in [0.15, 0.2) is 0 Å². The van der Waals surface area contributed by atoms with Crippen LogP contribution in [0, 0.1) is 12.7 Å². The first kappa shape index (κ1) is 14.6. The summed E-state index contributed by atoms with van der Waals surface area (Å²) in [7, 11) is 0. The van der Waals surface area contributed by atoms with Gasteiger partial charge in [-0.1, -0.05) is 5.16 Å². The summed E-state index contributed by atoms with van der Waals surface area (Å²) in [6.07, 6.45) is 2.55. The van der Waals surface area contributed by atoms with E-state index in [4.69, 9.17) is 4.52 Å². The monoisotopic (exact) mass is 327 g/mol. The van der Waals surface area contributed by atoms with Crippen molar-refractivity contribution >= 4 is 34.2 Å². The number of nitrogens with zero attached hydrogens (tertiary/aromatic N) is 4. The molecule has 2 aromatic heterocycles. The molecule has 1 aromatic carbocycles. The molecule has 3 aromatic rings. The maximum Gasteiger partial charge on any atom is 0.263 e. The molecule has 8 heteroatoms. The number of fused-ring (bicyclic) bond motifs is 1. The van der Waals surface area contributed by atoms with Crippen LogP contribution in [0.25, 0.3) is 11.1 Å². The highest BCUT2D eigenvalue weighted by atomic mass is 19.1. The lowest BCUT2D eigenvalue weighted by Gasteiger charge is -2.18. The fraction of sp³-hybridized carbons (Fsp3) is 0.250. The second kappa shape index (κ2) is 5.55. The van der Waals surface area contributed by atoms with Crippen molar-refractivity contribution in [1.82, 2.24) is 15.1 Å². The molecule has 0 aliphatic carbocycles. The van der Waals surface area contributed by atoms with E-state index in [0.717, 1.165) is 6.42 Å². The van der Waals surface area contributed by atoms with Gasteiger partial charge < -0.3 is 14.7 Å². The van der Waals surface area contributed by atoms with Crippen LogP contribution >= 0.6 is 0 Å². The molecular formula is C16H14FN5O2. The number of aryl methyl sites for hydroxylation is 1. The molecule has 0 spiro atoms. The molecule has 0 atom stereocenters. The van der Waals surface area contributed by atoms with E-state index >= 15 is 0 Å². The van der Waals surface area contributed by atoms with Gasteiger partial charge in [0.05, 0.1) is 11.4 Å². The van der Waals surface area contributed by atoms with E-state index < -0.39 is 5.82 Å². The Morgan fingerprint density at radius 3 is 3.00 bits per heavy atom. The van der Waals surface area contributed by atoms with Crippen molar-refractivity contribution in [2.45, 2.75) is 19.8 Å². The Kier molecular flexibility index (Phi) is 3.37. The molecule has 1 saturated heterocycles. The number of halogens is 1. The third kappa shape index (κ3) is 2.36. The number of carbonyl (C=O) groups is 1. The van der Waals surface area contributed by atoms with E-state index in [0.29, 0.717) is 41.3 Å². The Balaban J connectivity index is 1.72. The SMILES string of the molecule is Cc1noc2ncnc(Nc3ccc(F)c(N4CCCC4=O)c3)c12. The maximum atomic E-state index is 14.1. The number of amides is 1. The van der Waals surface area contributed by atoms with Gasteiger partial charge in [-0.3, -0.25) is 4.79 Å². The van der Waals surface area contributed by atoms with Crippen LogP contribution in [0.2, 0.25) is 0 Å². The lowest BCUT2D eigenvalue weighted by Crippen LogP contribution is -2.24. The third-order valence-corrected chi connectivity index (χ3v) is 4.02. The molecule has 0 unspecified atom stereocenters. The molecule has 1 amide bonds. The van der Waals surface area contributed by atoms with Gasteiger partial charge >= 0.3 is 0 Å². The summed E-state index contributed by atoms with van der Waals surface area (Å²) in [5, 5.41) is 7.66. The number of carbonyl (C=O) groups excluding carboxylic acids is 1. The quantitative estimate of drug-likeness (QED) is 0.796. The van der Waals surface area contributed by atoms with E-state index in [1.807, 2.05) is 0 Å². The summed E-state index contributed by atoms with van der Waals surface area (Å²) in [5.41, 5.74) is 1.92. The van der Waals surface area contributed by atoms with E-state index in [2.05, 4.69) is 20.4 Å². The molecule has 4 rings (SSSR count). The number of anilines is 3. The van der Waals surface area contributed by atoms with Crippen molar-refractivity contribution < 1.29 is 13.7 Å². The summed E-state index contributed by atoms with van der Waals surface area (Å²) < 4.78 is 19.2. The standard InChI is InChI=1S/C16H14FN5O2/c1-9-14-15(18-8-19-16(14)24-21-9)20-10-4-5-11(17)12(7-10)22-6-2-3-13(22)23/h4-5,7-8H,2-3,6H2,1H3,(H,18,19,20). The predicted octanol–water partition coefficient (Wildman–Crippen LogP) is 2.94. The molecule has 7 nitrogen and oxygen atoms in total. The van der Waals surface area contributed by atoms with Crippen molar-refractivity contribution in [3.05, 3.63) is 36.0 Å². The highest BCUT2D eigenvalue weighted by Crippen LogP contribution is 2.30. The zero-order chi connectivity index (χ0) is 16.7. The molecular weight excluding hydrogens is 313 g/mol. The van der Waals surface area contributed by atoms with Crippen LogP contribution in [0.4, 0.5) is 21.6 Å². The lowest BCUT2D eigenvalue weighted by atomic mass is 10.2. The van der Waals surface area contributed by atoms with E-state index in [1.165, 1.54) is 17.3 Å². The zero-order valence-electron chi connectivity index (χ0n) is 12.9. The van der Waals surface area contributed by atoms with Gasteiger partial charge in [-0.25, -0.2) is 9.37 Å². The number of rotatable bonds is 3. The van der Waals surface area contributed by atoms with Gasteiger partial charge in [0.1, 0.15) is 23.3 Å². The van der Waals surface area contributed by atoms with Crippen molar-refractivity contribution in [3.63, 3.8) is 0 Å². The summed E-state index contributed by atoms with van der Waals surface area (Å²) in [6, 6.07) is 4.54. The number of hydrogen-bond acceptors (Lipinski definition) is 6. The zero-order valence-corrected chi connectivity index (χ0v) is 12.9. The molecule has 1 aliphatic rings. The number of nitrogens with one attached hydrogen (secondary N) is 1. The van der Waals surface area contributed by atoms with Crippen LogP contribution in [-0.2, 0) is 4.79 Å².